The molecule has 2 unspecified atom stereocenters. The lowest BCUT2D eigenvalue weighted by atomic mass is 9.81. The fourth-order valence-corrected chi connectivity index (χ4v) is 3.68. The number of hydrogen-bond donors (Lipinski definition) is 1. The summed E-state index contributed by atoms with van der Waals surface area (Å²) in [5, 5.41) is 0. The van der Waals surface area contributed by atoms with Crippen LogP contribution >= 0.6 is 0 Å². The zero-order chi connectivity index (χ0) is 13.9. The smallest absolute Gasteiger partial charge is 0.270 e. The Morgan fingerprint density at radius 1 is 1.12 bits per heavy atom. The monoisotopic (exact) mass is 264 g/mol. The van der Waals surface area contributed by atoms with Crippen LogP contribution in [0.5, 0.6) is 0 Å². The van der Waals surface area contributed by atoms with E-state index >= 15 is 0 Å². The van der Waals surface area contributed by atoms with Gasteiger partial charge in [0.1, 0.15) is 0 Å². The Bertz CT molecular complexity index is 327. The molecule has 0 spiro atoms. The van der Waals surface area contributed by atoms with Crippen LogP contribution in [0.25, 0.3) is 0 Å². The summed E-state index contributed by atoms with van der Waals surface area (Å²) < 4.78 is 31.4. The number of hydrogen-bond acceptors (Lipinski definition) is 2. The van der Waals surface area contributed by atoms with Crippen LogP contribution in [-0.2, 0) is 10.1 Å². The van der Waals surface area contributed by atoms with E-state index in [0.29, 0.717) is 12.8 Å². The fourth-order valence-electron chi connectivity index (χ4n) is 2.72. The van der Waals surface area contributed by atoms with Crippen LogP contribution in [0.2, 0.25) is 0 Å². The highest BCUT2D eigenvalue weighted by Gasteiger charge is 2.38. The van der Waals surface area contributed by atoms with Crippen LogP contribution in [0.4, 0.5) is 0 Å². The average molecular weight is 264 g/mol. The molecule has 0 saturated carbocycles. The van der Waals surface area contributed by atoms with Crippen LogP contribution in [0.3, 0.4) is 0 Å². The molecule has 104 valence electrons. The second-order valence-corrected chi connectivity index (χ2v) is 8.68. The molecular weight excluding hydrogens is 236 g/mol. The minimum absolute atomic E-state index is 0.186. The van der Waals surface area contributed by atoms with Gasteiger partial charge in [-0.25, -0.2) is 0 Å². The molecule has 0 rings (SSSR count). The van der Waals surface area contributed by atoms with E-state index in [9.17, 15) is 13.0 Å². The molecule has 0 saturated heterocycles. The van der Waals surface area contributed by atoms with E-state index in [0.717, 1.165) is 12.8 Å². The van der Waals surface area contributed by atoms with Gasteiger partial charge in [0.15, 0.2) is 0 Å². The maximum atomic E-state index is 11.5. The molecule has 0 radical (unpaired) electrons. The van der Waals surface area contributed by atoms with E-state index in [1.807, 2.05) is 6.92 Å². The molecule has 2 atom stereocenters. The highest BCUT2D eigenvalue weighted by molar-refractivity contribution is 7.87. The summed E-state index contributed by atoms with van der Waals surface area (Å²) in [6.45, 7) is 12.1. The quantitative estimate of drug-likeness (QED) is 0.740. The third-order valence-corrected chi connectivity index (χ3v) is 4.76. The van der Waals surface area contributed by atoms with E-state index in [1.54, 1.807) is 6.92 Å². The molecule has 3 nitrogen and oxygen atoms in total. The van der Waals surface area contributed by atoms with Crippen molar-refractivity contribution in [1.82, 2.24) is 0 Å². The van der Waals surface area contributed by atoms with Gasteiger partial charge < -0.3 is 0 Å². The fraction of sp³-hybridized carbons (Fsp3) is 1.00. The molecule has 0 fully saturated rings. The number of rotatable bonds is 6. The van der Waals surface area contributed by atoms with Gasteiger partial charge >= 0.3 is 0 Å². The lowest BCUT2D eigenvalue weighted by Crippen LogP contribution is -2.37. The Kier molecular flexibility index (Phi) is 5.67. The molecule has 0 aromatic carbocycles. The molecule has 17 heavy (non-hydrogen) atoms. The van der Waals surface area contributed by atoms with Gasteiger partial charge in [-0.3, -0.25) is 4.55 Å². The Morgan fingerprint density at radius 2 is 1.59 bits per heavy atom. The molecule has 0 aromatic rings. The molecule has 1 N–H and O–H groups in total. The summed E-state index contributed by atoms with van der Waals surface area (Å²) in [6, 6.07) is 0. The van der Waals surface area contributed by atoms with E-state index in [-0.39, 0.29) is 11.3 Å². The Balaban J connectivity index is 4.79. The van der Waals surface area contributed by atoms with E-state index in [1.165, 1.54) is 0 Å². The van der Waals surface area contributed by atoms with E-state index < -0.39 is 14.9 Å². The van der Waals surface area contributed by atoms with Crippen LogP contribution in [0.15, 0.2) is 0 Å². The maximum absolute atomic E-state index is 11.5. The molecule has 0 bridgehead atoms. The highest BCUT2D eigenvalue weighted by atomic mass is 32.2. The lowest BCUT2D eigenvalue weighted by molar-refractivity contribution is 0.268. The van der Waals surface area contributed by atoms with Gasteiger partial charge in [0, 0.05) is 0 Å². The first-order chi connectivity index (χ1) is 7.41. The van der Waals surface area contributed by atoms with Crippen LogP contribution < -0.4 is 0 Å². The predicted molar refractivity (Wildman–Crippen MR) is 72.7 cm³/mol. The van der Waals surface area contributed by atoms with Gasteiger partial charge in [-0.1, -0.05) is 41.0 Å². The molecule has 0 aliphatic rings. The summed E-state index contributed by atoms with van der Waals surface area (Å²) in [7, 11) is -3.98. The molecule has 4 heteroatoms. The van der Waals surface area contributed by atoms with E-state index in [2.05, 4.69) is 27.7 Å². The molecule has 0 amide bonds. The Hall–Kier alpha value is -0.0900. The van der Waals surface area contributed by atoms with Crippen molar-refractivity contribution < 1.29 is 13.0 Å². The topological polar surface area (TPSA) is 54.4 Å². The first-order valence-corrected chi connectivity index (χ1v) is 7.82. The third-order valence-electron chi connectivity index (χ3n) is 3.14. The van der Waals surface area contributed by atoms with Crippen molar-refractivity contribution in [3.05, 3.63) is 0 Å². The summed E-state index contributed by atoms with van der Waals surface area (Å²) in [5.74, 6) is 0.286. The maximum Gasteiger partial charge on any atom is 0.270 e. The standard InChI is InChI=1S/C13H28O3S/c1-7-8-13(6,17(14,15)16)10-11(2)9-12(3,4)5/h11H,7-10H2,1-6H3,(H,14,15,16). The van der Waals surface area contributed by atoms with Crippen molar-refractivity contribution in [3.63, 3.8) is 0 Å². The summed E-state index contributed by atoms with van der Waals surface area (Å²) >= 11 is 0. The zero-order valence-corrected chi connectivity index (χ0v) is 12.9. The first-order valence-electron chi connectivity index (χ1n) is 6.38. The Labute approximate surface area is 107 Å². The molecule has 0 heterocycles. The van der Waals surface area contributed by atoms with Gasteiger partial charge in [-0.2, -0.15) is 8.42 Å². The second-order valence-electron chi connectivity index (χ2n) is 6.75. The van der Waals surface area contributed by atoms with Crippen LogP contribution in [-0.4, -0.2) is 17.7 Å². The van der Waals surface area contributed by atoms with Crippen molar-refractivity contribution >= 4 is 10.1 Å². The van der Waals surface area contributed by atoms with Gasteiger partial charge in [0.05, 0.1) is 4.75 Å². The van der Waals surface area contributed by atoms with Gasteiger partial charge in [-0.05, 0) is 37.5 Å². The molecule has 0 aliphatic carbocycles. The second kappa shape index (κ2) is 5.70. The third kappa shape index (κ3) is 5.87. The molecular formula is C13H28O3S. The Morgan fingerprint density at radius 3 is 1.88 bits per heavy atom. The van der Waals surface area contributed by atoms with Crippen molar-refractivity contribution in [2.24, 2.45) is 11.3 Å². The zero-order valence-electron chi connectivity index (χ0n) is 12.1. The minimum Gasteiger partial charge on any atom is -0.285 e. The van der Waals surface area contributed by atoms with Crippen molar-refractivity contribution in [1.29, 1.82) is 0 Å². The SMILES string of the molecule is CCCC(C)(CC(C)CC(C)(C)C)S(=O)(=O)O. The summed E-state index contributed by atoms with van der Waals surface area (Å²) in [4.78, 5) is 0. The average Bonchev–Trinajstić information content (AvgIpc) is 1.97. The molecule has 0 aliphatic heterocycles. The van der Waals surface area contributed by atoms with Gasteiger partial charge in [0.25, 0.3) is 10.1 Å². The summed E-state index contributed by atoms with van der Waals surface area (Å²) in [5.41, 5.74) is 0.186. The minimum atomic E-state index is -3.98. The van der Waals surface area contributed by atoms with E-state index in [4.69, 9.17) is 0 Å². The van der Waals surface area contributed by atoms with Crippen LogP contribution in [0.1, 0.15) is 67.2 Å². The summed E-state index contributed by atoms with van der Waals surface area (Å²) in [6.07, 6.45) is 2.76. The van der Waals surface area contributed by atoms with Crippen molar-refractivity contribution in [2.75, 3.05) is 0 Å². The largest absolute Gasteiger partial charge is 0.285 e. The van der Waals surface area contributed by atoms with Crippen LogP contribution in [0, 0.1) is 11.3 Å². The lowest BCUT2D eigenvalue weighted by Gasteiger charge is -2.31. The van der Waals surface area contributed by atoms with Crippen molar-refractivity contribution in [2.45, 2.75) is 72.0 Å². The van der Waals surface area contributed by atoms with Gasteiger partial charge in [0.2, 0.25) is 0 Å². The molecule has 0 aromatic heterocycles. The van der Waals surface area contributed by atoms with Crippen molar-refractivity contribution in [3.8, 4) is 0 Å². The predicted octanol–water partition coefficient (Wildman–Crippen LogP) is 3.90. The highest BCUT2D eigenvalue weighted by Crippen LogP contribution is 2.34. The first kappa shape index (κ1) is 16.9. The van der Waals surface area contributed by atoms with Gasteiger partial charge in [-0.15, -0.1) is 0 Å². The normalized spacial score (nSPS) is 18.8.